The Kier molecular flexibility index (Phi) is 4.67. The van der Waals surface area contributed by atoms with Crippen molar-refractivity contribution in [3.8, 4) is 0 Å². The third-order valence-electron chi connectivity index (χ3n) is 5.45. The first-order valence-corrected chi connectivity index (χ1v) is 9.49. The molecule has 27 heavy (non-hydrogen) atoms. The first kappa shape index (κ1) is 17.7. The van der Waals surface area contributed by atoms with E-state index in [9.17, 15) is 9.59 Å². The quantitative estimate of drug-likeness (QED) is 0.673. The van der Waals surface area contributed by atoms with Gasteiger partial charge in [0.1, 0.15) is 0 Å². The van der Waals surface area contributed by atoms with Crippen molar-refractivity contribution in [2.45, 2.75) is 57.4 Å². The van der Waals surface area contributed by atoms with Gasteiger partial charge in [-0.15, -0.1) is 0 Å². The van der Waals surface area contributed by atoms with Gasteiger partial charge in [-0.2, -0.15) is 4.98 Å². The van der Waals surface area contributed by atoms with Gasteiger partial charge in [-0.1, -0.05) is 24.4 Å². The van der Waals surface area contributed by atoms with E-state index in [1.165, 1.54) is 30.9 Å². The highest BCUT2D eigenvalue weighted by Crippen LogP contribution is 2.31. The number of imidazole rings is 1. The third kappa shape index (κ3) is 3.22. The molecule has 0 atom stereocenters. The number of hydrogen-bond donors (Lipinski definition) is 0. The molecule has 0 radical (unpaired) electrons. The Balaban J connectivity index is 1.46. The summed E-state index contributed by atoms with van der Waals surface area (Å²) < 4.78 is 9.74. The van der Waals surface area contributed by atoms with E-state index in [0.717, 1.165) is 29.7 Å². The van der Waals surface area contributed by atoms with Crippen LogP contribution in [0.4, 0.5) is 0 Å². The molecule has 3 heterocycles. The first-order chi connectivity index (χ1) is 13.1. The van der Waals surface area contributed by atoms with Gasteiger partial charge in [-0.05, 0) is 19.3 Å². The predicted molar refractivity (Wildman–Crippen MR) is 98.7 cm³/mol. The van der Waals surface area contributed by atoms with Gasteiger partial charge in [0, 0.05) is 33.0 Å². The summed E-state index contributed by atoms with van der Waals surface area (Å²) >= 11 is 0. The Morgan fingerprint density at radius 3 is 2.70 bits per heavy atom. The summed E-state index contributed by atoms with van der Waals surface area (Å²) in [6, 6.07) is 0. The second-order valence-electron chi connectivity index (χ2n) is 7.30. The van der Waals surface area contributed by atoms with Gasteiger partial charge >= 0.3 is 5.69 Å². The van der Waals surface area contributed by atoms with E-state index in [1.54, 1.807) is 17.9 Å². The number of nitrogens with zero attached hydrogens (tertiary/aromatic N) is 6. The Bertz CT molecular complexity index is 1070. The monoisotopic (exact) mass is 372 g/mol. The van der Waals surface area contributed by atoms with E-state index in [2.05, 4.69) is 15.1 Å². The molecule has 1 aliphatic rings. The van der Waals surface area contributed by atoms with Gasteiger partial charge in [0.15, 0.2) is 17.0 Å². The fraction of sp³-hybridized carbons (Fsp3) is 0.611. The average Bonchev–Trinajstić information content (AvgIpc) is 3.33. The highest BCUT2D eigenvalue weighted by atomic mass is 16.5. The molecule has 0 amide bonds. The molecule has 0 N–H and O–H groups in total. The van der Waals surface area contributed by atoms with Gasteiger partial charge in [0.05, 0.1) is 6.33 Å². The largest absolute Gasteiger partial charge is 0.339 e. The molecule has 1 aliphatic carbocycles. The summed E-state index contributed by atoms with van der Waals surface area (Å²) in [7, 11) is 3.10. The smallest absolute Gasteiger partial charge is 0.332 e. The Labute approximate surface area is 155 Å². The van der Waals surface area contributed by atoms with Crippen LogP contribution in [0.2, 0.25) is 0 Å². The molecule has 0 aromatic carbocycles. The Hall–Kier alpha value is -2.71. The summed E-state index contributed by atoms with van der Waals surface area (Å²) in [5, 5.41) is 4.11. The zero-order valence-electron chi connectivity index (χ0n) is 15.7. The van der Waals surface area contributed by atoms with E-state index in [4.69, 9.17) is 4.52 Å². The number of aromatic nitrogens is 6. The maximum atomic E-state index is 12.4. The molecule has 9 heteroatoms. The minimum atomic E-state index is -0.375. The van der Waals surface area contributed by atoms with Gasteiger partial charge in [-0.25, -0.2) is 9.78 Å². The molecular formula is C18H24N6O3. The van der Waals surface area contributed by atoms with Gasteiger partial charge in [0.2, 0.25) is 5.89 Å². The summed E-state index contributed by atoms with van der Waals surface area (Å²) in [6.07, 6.45) is 9.04. The SMILES string of the molecule is Cn1c(=O)c2c(ncn2CCCc2noc(C3CCCCC3)n2)n(C)c1=O. The molecule has 4 rings (SSSR count). The predicted octanol–water partition coefficient (Wildman–Crippen LogP) is 1.50. The highest BCUT2D eigenvalue weighted by Gasteiger charge is 2.21. The summed E-state index contributed by atoms with van der Waals surface area (Å²) in [5.41, 5.74) is 0.141. The lowest BCUT2D eigenvalue weighted by molar-refractivity contribution is 0.312. The second-order valence-corrected chi connectivity index (χ2v) is 7.30. The molecule has 0 saturated heterocycles. The van der Waals surface area contributed by atoms with Crippen LogP contribution < -0.4 is 11.2 Å². The molecule has 3 aromatic rings. The van der Waals surface area contributed by atoms with Crippen LogP contribution in [-0.4, -0.2) is 28.8 Å². The Morgan fingerprint density at radius 2 is 1.93 bits per heavy atom. The summed E-state index contributed by atoms with van der Waals surface area (Å²) in [4.78, 5) is 33.2. The number of hydrogen-bond acceptors (Lipinski definition) is 6. The van der Waals surface area contributed by atoms with Crippen molar-refractivity contribution in [3.63, 3.8) is 0 Å². The fourth-order valence-electron chi connectivity index (χ4n) is 3.86. The highest BCUT2D eigenvalue weighted by molar-refractivity contribution is 5.69. The number of aryl methyl sites for hydroxylation is 3. The van der Waals surface area contributed by atoms with Gasteiger partial charge in [-0.3, -0.25) is 13.9 Å². The maximum Gasteiger partial charge on any atom is 0.332 e. The van der Waals surface area contributed by atoms with Gasteiger partial charge in [0.25, 0.3) is 5.56 Å². The third-order valence-corrected chi connectivity index (χ3v) is 5.45. The van der Waals surface area contributed by atoms with Crippen LogP contribution in [0.25, 0.3) is 11.2 Å². The number of fused-ring (bicyclic) bond motifs is 1. The molecule has 0 spiro atoms. The molecule has 144 valence electrons. The molecule has 1 fully saturated rings. The molecular weight excluding hydrogens is 348 g/mol. The van der Waals surface area contributed by atoms with Crippen LogP contribution in [0.5, 0.6) is 0 Å². The maximum absolute atomic E-state index is 12.4. The van der Waals surface area contributed by atoms with Crippen LogP contribution >= 0.6 is 0 Å². The van der Waals surface area contributed by atoms with Crippen molar-refractivity contribution in [1.82, 2.24) is 28.8 Å². The van der Waals surface area contributed by atoms with Crippen LogP contribution in [-0.2, 0) is 27.1 Å². The van der Waals surface area contributed by atoms with Gasteiger partial charge < -0.3 is 9.09 Å². The van der Waals surface area contributed by atoms with Crippen molar-refractivity contribution >= 4 is 11.2 Å². The van der Waals surface area contributed by atoms with E-state index in [1.807, 2.05) is 0 Å². The lowest BCUT2D eigenvalue weighted by Crippen LogP contribution is -2.37. The fourth-order valence-corrected chi connectivity index (χ4v) is 3.86. The van der Waals surface area contributed by atoms with E-state index >= 15 is 0 Å². The molecule has 1 saturated carbocycles. The average molecular weight is 372 g/mol. The van der Waals surface area contributed by atoms with Crippen LogP contribution in [0.15, 0.2) is 20.4 Å². The zero-order chi connectivity index (χ0) is 19.0. The zero-order valence-corrected chi connectivity index (χ0v) is 15.7. The van der Waals surface area contributed by atoms with Crippen LogP contribution in [0.1, 0.15) is 56.2 Å². The normalized spacial score (nSPS) is 15.6. The topological polar surface area (TPSA) is 101 Å². The summed E-state index contributed by atoms with van der Waals surface area (Å²) in [6.45, 7) is 0.594. The van der Waals surface area contributed by atoms with Crippen LogP contribution in [0, 0.1) is 0 Å². The molecule has 3 aromatic heterocycles. The minimum absolute atomic E-state index is 0.329. The van der Waals surface area contributed by atoms with E-state index in [-0.39, 0.29) is 11.2 Å². The lowest BCUT2D eigenvalue weighted by Gasteiger charge is -2.17. The van der Waals surface area contributed by atoms with Crippen molar-refractivity contribution < 1.29 is 4.52 Å². The number of rotatable bonds is 5. The van der Waals surface area contributed by atoms with Crippen molar-refractivity contribution in [1.29, 1.82) is 0 Å². The van der Waals surface area contributed by atoms with E-state index in [0.29, 0.717) is 35.9 Å². The van der Waals surface area contributed by atoms with Crippen molar-refractivity contribution in [3.05, 3.63) is 38.9 Å². The molecule has 9 nitrogen and oxygen atoms in total. The molecule has 0 unspecified atom stereocenters. The van der Waals surface area contributed by atoms with Crippen molar-refractivity contribution in [2.24, 2.45) is 14.1 Å². The first-order valence-electron chi connectivity index (χ1n) is 9.49. The standard InChI is InChI=1S/C18H24N6O3/c1-22-15-14(17(25)23(2)18(22)26)24(11-19-15)10-6-9-13-20-16(27-21-13)12-7-4-3-5-8-12/h11-12H,3-10H2,1-2H3. The summed E-state index contributed by atoms with van der Waals surface area (Å²) in [5.74, 6) is 1.88. The Morgan fingerprint density at radius 1 is 1.15 bits per heavy atom. The molecule has 0 aliphatic heterocycles. The second kappa shape index (κ2) is 7.13. The van der Waals surface area contributed by atoms with E-state index < -0.39 is 0 Å². The van der Waals surface area contributed by atoms with Crippen LogP contribution in [0.3, 0.4) is 0 Å². The minimum Gasteiger partial charge on any atom is -0.339 e. The lowest BCUT2D eigenvalue weighted by atomic mass is 9.89. The van der Waals surface area contributed by atoms with Crippen molar-refractivity contribution in [2.75, 3.05) is 0 Å². The molecule has 0 bridgehead atoms.